The van der Waals surface area contributed by atoms with Gasteiger partial charge in [-0.1, -0.05) is 12.1 Å². The third-order valence-corrected chi connectivity index (χ3v) is 4.38. The molecule has 3 aromatic rings. The molecule has 0 bridgehead atoms. The van der Waals surface area contributed by atoms with Gasteiger partial charge in [0.1, 0.15) is 23.6 Å². The lowest BCUT2D eigenvalue weighted by atomic mass is 10.2. The Balaban J connectivity index is 1.50. The summed E-state index contributed by atoms with van der Waals surface area (Å²) in [5.74, 6) is -0.913. The van der Waals surface area contributed by atoms with E-state index in [2.05, 4.69) is 30.6 Å². The number of hydrogen-bond donors (Lipinski definition) is 3. The van der Waals surface area contributed by atoms with Gasteiger partial charge in [0.25, 0.3) is 5.91 Å². The van der Waals surface area contributed by atoms with Crippen LogP contribution in [0.4, 0.5) is 5.82 Å². The van der Waals surface area contributed by atoms with Crippen molar-refractivity contribution < 1.29 is 23.9 Å². The number of amides is 2. The molecule has 0 aliphatic heterocycles. The number of imidazole rings is 1. The lowest BCUT2D eigenvalue weighted by Gasteiger charge is -2.17. The van der Waals surface area contributed by atoms with E-state index >= 15 is 0 Å². The van der Waals surface area contributed by atoms with E-state index in [-0.39, 0.29) is 5.82 Å². The van der Waals surface area contributed by atoms with Gasteiger partial charge in [0.15, 0.2) is 17.6 Å². The minimum atomic E-state index is -1.12. The first-order valence-electron chi connectivity index (χ1n) is 9.65. The molecule has 1 unspecified atom stereocenters. The van der Waals surface area contributed by atoms with Crippen molar-refractivity contribution in [3.05, 3.63) is 48.6 Å². The Morgan fingerprint density at radius 1 is 1.09 bits per heavy atom. The molecule has 166 valence electrons. The van der Waals surface area contributed by atoms with E-state index in [0.717, 1.165) is 5.56 Å². The zero-order valence-electron chi connectivity index (χ0n) is 17.7. The molecule has 0 aliphatic carbocycles. The number of carbonyl (C=O) groups is 3. The zero-order valence-corrected chi connectivity index (χ0v) is 17.7. The van der Waals surface area contributed by atoms with E-state index in [1.54, 1.807) is 37.5 Å². The highest BCUT2D eigenvalue weighted by Crippen LogP contribution is 2.15. The van der Waals surface area contributed by atoms with Crippen molar-refractivity contribution in [2.24, 2.45) is 0 Å². The molecule has 2 amide bonds. The van der Waals surface area contributed by atoms with Gasteiger partial charge >= 0.3 is 5.97 Å². The van der Waals surface area contributed by atoms with Crippen LogP contribution in [0.3, 0.4) is 0 Å². The number of nitrogens with zero attached hydrogens (tertiary/aromatic N) is 3. The second-order valence-corrected chi connectivity index (χ2v) is 6.73. The van der Waals surface area contributed by atoms with Gasteiger partial charge in [-0.25, -0.2) is 19.7 Å². The summed E-state index contributed by atoms with van der Waals surface area (Å²) in [5.41, 5.74) is 1.63. The fraction of sp³-hybridized carbons (Fsp3) is 0.238. The molecule has 0 fully saturated rings. The Kier molecular flexibility index (Phi) is 7.11. The van der Waals surface area contributed by atoms with Gasteiger partial charge in [-0.3, -0.25) is 9.59 Å². The molecule has 32 heavy (non-hydrogen) atoms. The summed E-state index contributed by atoms with van der Waals surface area (Å²) in [7, 11) is 1.57. The first-order chi connectivity index (χ1) is 15.4. The van der Waals surface area contributed by atoms with E-state index in [1.165, 1.54) is 32.6 Å². The molecule has 0 aliphatic rings. The number of methoxy groups -OCH3 is 1. The molecular formula is C21H22N6O5. The molecule has 2 atom stereocenters. The number of H-pyrrole nitrogens is 1. The number of aromatic nitrogens is 4. The van der Waals surface area contributed by atoms with Gasteiger partial charge in [0.05, 0.1) is 13.4 Å². The maximum Gasteiger partial charge on any atom is 0.329 e. The highest BCUT2D eigenvalue weighted by Gasteiger charge is 2.23. The number of carbonyl (C=O) groups excluding carboxylic acids is 3. The summed E-state index contributed by atoms with van der Waals surface area (Å²) in [6.45, 7) is 2.88. The first kappa shape index (κ1) is 22.4. The van der Waals surface area contributed by atoms with Crippen molar-refractivity contribution in [1.29, 1.82) is 0 Å². The van der Waals surface area contributed by atoms with Gasteiger partial charge in [-0.15, -0.1) is 0 Å². The van der Waals surface area contributed by atoms with Crippen LogP contribution in [0.15, 0.2) is 43.0 Å². The quantitative estimate of drug-likeness (QED) is 0.353. The average molecular weight is 438 g/mol. The summed E-state index contributed by atoms with van der Waals surface area (Å²) in [6.07, 6.45) is 4.45. The zero-order chi connectivity index (χ0) is 23.1. The number of aromatic amines is 1. The molecule has 2 aromatic heterocycles. The largest absolute Gasteiger partial charge is 0.497 e. The second-order valence-electron chi connectivity index (χ2n) is 6.73. The lowest BCUT2D eigenvalue weighted by Crippen LogP contribution is -2.41. The van der Waals surface area contributed by atoms with Gasteiger partial charge in [0, 0.05) is 6.08 Å². The average Bonchev–Trinajstić information content (AvgIpc) is 3.28. The van der Waals surface area contributed by atoms with E-state index in [1.807, 2.05) is 0 Å². The van der Waals surface area contributed by atoms with Crippen molar-refractivity contribution in [1.82, 2.24) is 25.3 Å². The molecular weight excluding hydrogens is 416 g/mol. The van der Waals surface area contributed by atoms with Crippen molar-refractivity contribution in [3.63, 3.8) is 0 Å². The normalized spacial score (nSPS) is 12.8. The second kappa shape index (κ2) is 10.2. The molecule has 3 N–H and O–H groups in total. The molecule has 0 saturated carbocycles. The molecule has 3 rings (SSSR count). The van der Waals surface area contributed by atoms with Crippen LogP contribution in [0.25, 0.3) is 17.2 Å². The van der Waals surface area contributed by atoms with Crippen LogP contribution in [0.5, 0.6) is 5.75 Å². The first-order valence-corrected chi connectivity index (χ1v) is 9.65. The Morgan fingerprint density at radius 3 is 2.56 bits per heavy atom. The minimum absolute atomic E-state index is 0.213. The van der Waals surface area contributed by atoms with E-state index in [0.29, 0.717) is 16.9 Å². The van der Waals surface area contributed by atoms with Gasteiger partial charge in [-0.2, -0.15) is 0 Å². The number of hydrogen-bond acceptors (Lipinski definition) is 8. The number of esters is 1. The lowest BCUT2D eigenvalue weighted by molar-refractivity contribution is -0.155. The van der Waals surface area contributed by atoms with Crippen molar-refractivity contribution in [2.45, 2.75) is 26.0 Å². The standard InChI is InChI=1S/C21H22N6O5/c1-12(26-16(28)9-6-14-4-7-15(31-3)8-5-14)21(30)32-13(2)20(29)27-19-17-18(23-10-22-17)24-11-25-19/h4-13H,1-3H3,(H,26,28)(H2,22,23,24,25,27,29)/b9-6+/t12-,13?/m0/s1. The van der Waals surface area contributed by atoms with Crippen LogP contribution in [0.1, 0.15) is 19.4 Å². The number of benzene rings is 1. The van der Waals surface area contributed by atoms with Crippen LogP contribution in [0, 0.1) is 0 Å². The highest BCUT2D eigenvalue weighted by molar-refractivity contribution is 6.00. The maximum absolute atomic E-state index is 12.4. The van der Waals surface area contributed by atoms with Crippen LogP contribution in [-0.2, 0) is 19.1 Å². The van der Waals surface area contributed by atoms with Gasteiger partial charge in [-0.05, 0) is 37.6 Å². The molecule has 2 heterocycles. The SMILES string of the molecule is COc1ccc(/C=C/C(=O)N[C@@H](C)C(=O)OC(C)C(=O)Nc2ncnc3nc[nH]c23)cc1. The topological polar surface area (TPSA) is 148 Å². The van der Waals surface area contributed by atoms with Crippen molar-refractivity contribution in [2.75, 3.05) is 12.4 Å². The smallest absolute Gasteiger partial charge is 0.329 e. The highest BCUT2D eigenvalue weighted by atomic mass is 16.5. The van der Waals surface area contributed by atoms with Crippen LogP contribution >= 0.6 is 0 Å². The number of anilines is 1. The molecule has 0 spiro atoms. The van der Waals surface area contributed by atoms with Crippen LogP contribution < -0.4 is 15.4 Å². The van der Waals surface area contributed by atoms with E-state index in [4.69, 9.17) is 9.47 Å². The minimum Gasteiger partial charge on any atom is -0.497 e. The maximum atomic E-state index is 12.4. The summed E-state index contributed by atoms with van der Waals surface area (Å²) in [4.78, 5) is 51.5. The molecule has 11 heteroatoms. The van der Waals surface area contributed by atoms with Crippen molar-refractivity contribution >= 4 is 40.8 Å². The predicted octanol–water partition coefficient (Wildman–Crippen LogP) is 1.45. The molecule has 1 aromatic carbocycles. The summed E-state index contributed by atoms with van der Waals surface area (Å²) >= 11 is 0. The summed E-state index contributed by atoms with van der Waals surface area (Å²) in [6, 6.07) is 6.15. The fourth-order valence-electron chi connectivity index (χ4n) is 2.62. The van der Waals surface area contributed by atoms with Gasteiger partial charge in [0.2, 0.25) is 5.91 Å². The van der Waals surface area contributed by atoms with E-state index < -0.39 is 29.9 Å². The number of nitrogens with one attached hydrogen (secondary N) is 3. The fourth-order valence-corrected chi connectivity index (χ4v) is 2.62. The third kappa shape index (κ3) is 5.65. The number of rotatable bonds is 8. The molecule has 0 saturated heterocycles. The van der Waals surface area contributed by atoms with E-state index in [9.17, 15) is 14.4 Å². The van der Waals surface area contributed by atoms with Gasteiger partial charge < -0.3 is 25.1 Å². The Hall–Kier alpha value is -4.28. The Morgan fingerprint density at radius 2 is 1.84 bits per heavy atom. The van der Waals surface area contributed by atoms with Crippen LogP contribution in [-0.4, -0.2) is 57.0 Å². The third-order valence-electron chi connectivity index (χ3n) is 4.38. The van der Waals surface area contributed by atoms with Crippen LogP contribution in [0.2, 0.25) is 0 Å². The molecule has 11 nitrogen and oxygen atoms in total. The number of ether oxygens (including phenoxy) is 2. The monoisotopic (exact) mass is 438 g/mol. The Labute approximate surface area is 183 Å². The Bertz CT molecular complexity index is 1140. The summed E-state index contributed by atoms with van der Waals surface area (Å²) in [5, 5.41) is 5.05. The molecule has 0 radical (unpaired) electrons. The predicted molar refractivity (Wildman–Crippen MR) is 116 cm³/mol. The van der Waals surface area contributed by atoms with Crippen molar-refractivity contribution in [3.8, 4) is 5.75 Å². The number of fused-ring (bicyclic) bond motifs is 1. The summed E-state index contributed by atoms with van der Waals surface area (Å²) < 4.78 is 10.2.